The Hall–Kier alpha value is -3.62. The topological polar surface area (TPSA) is 79.8 Å². The fourth-order valence-corrected chi connectivity index (χ4v) is 9.96. The highest BCUT2D eigenvalue weighted by atomic mass is 16.5. The number of H-pyrrole nitrogens is 1. The number of carbonyl (C=O) groups excluding carboxylic acids is 2. The SMILES string of the molecule is CCC1CCCN(CCc2c([C@@]3(COC(C)=O)CC[C@@H](COC(C)=O)c4c(CCN5CCCC(CC)C5)c5ccccc5n43)[nH]c3ccccc23)C1. The van der Waals surface area contributed by atoms with Crippen molar-refractivity contribution in [1.82, 2.24) is 19.4 Å². The van der Waals surface area contributed by atoms with Crippen molar-refractivity contribution in [3.8, 4) is 0 Å². The van der Waals surface area contributed by atoms with E-state index in [2.05, 4.69) is 81.7 Å². The number of hydrogen-bond acceptors (Lipinski definition) is 6. The van der Waals surface area contributed by atoms with Crippen LogP contribution in [-0.2, 0) is 37.4 Å². The summed E-state index contributed by atoms with van der Waals surface area (Å²) in [7, 11) is 0. The zero-order valence-electron chi connectivity index (χ0n) is 32.1. The molecule has 0 spiro atoms. The van der Waals surface area contributed by atoms with Crippen molar-refractivity contribution in [2.45, 2.75) is 103 Å². The lowest BCUT2D eigenvalue weighted by atomic mass is 9.78. The minimum atomic E-state index is -0.661. The second kappa shape index (κ2) is 16.2. The van der Waals surface area contributed by atoms with E-state index in [0.29, 0.717) is 6.61 Å². The number of piperidine rings is 2. The number of nitrogens with zero attached hydrogens (tertiary/aromatic N) is 3. The maximum Gasteiger partial charge on any atom is 0.302 e. The van der Waals surface area contributed by atoms with Crippen LogP contribution in [0.2, 0.25) is 0 Å². The Morgan fingerprint density at radius 2 is 1.40 bits per heavy atom. The van der Waals surface area contributed by atoms with E-state index in [0.717, 1.165) is 93.5 Å². The van der Waals surface area contributed by atoms with E-state index in [1.54, 1.807) is 0 Å². The normalized spacial score (nSPS) is 24.3. The molecule has 2 saturated heterocycles. The Kier molecular flexibility index (Phi) is 11.4. The smallest absolute Gasteiger partial charge is 0.302 e. The molecule has 7 rings (SSSR count). The predicted octanol–water partition coefficient (Wildman–Crippen LogP) is 8.20. The highest BCUT2D eigenvalue weighted by Gasteiger charge is 2.47. The summed E-state index contributed by atoms with van der Waals surface area (Å²) in [6.07, 6.45) is 11.0. The summed E-state index contributed by atoms with van der Waals surface area (Å²) in [6.45, 7) is 14.9. The number of para-hydroxylation sites is 2. The van der Waals surface area contributed by atoms with Gasteiger partial charge in [-0.2, -0.15) is 0 Å². The molecule has 280 valence electrons. The Labute approximate surface area is 310 Å². The summed E-state index contributed by atoms with van der Waals surface area (Å²) >= 11 is 0. The van der Waals surface area contributed by atoms with Gasteiger partial charge in [-0.25, -0.2) is 0 Å². The first-order valence-electron chi connectivity index (χ1n) is 20.2. The van der Waals surface area contributed by atoms with Crippen molar-refractivity contribution < 1.29 is 19.1 Å². The fraction of sp³-hybridized carbons (Fsp3) is 0.591. The van der Waals surface area contributed by atoms with Gasteiger partial charge in [0, 0.05) is 79.1 Å². The summed E-state index contributed by atoms with van der Waals surface area (Å²) in [5.41, 5.74) is 6.67. The number of esters is 2. The highest BCUT2D eigenvalue weighted by molar-refractivity contribution is 5.88. The average Bonchev–Trinajstić information content (AvgIpc) is 3.71. The number of rotatable bonds is 13. The Morgan fingerprint density at radius 3 is 2.06 bits per heavy atom. The highest BCUT2D eigenvalue weighted by Crippen LogP contribution is 2.49. The molecule has 0 aliphatic carbocycles. The van der Waals surface area contributed by atoms with Crippen molar-refractivity contribution in [2.24, 2.45) is 11.8 Å². The third-order valence-corrected chi connectivity index (χ3v) is 12.7. The first-order chi connectivity index (χ1) is 25.3. The molecule has 2 aromatic carbocycles. The summed E-state index contributed by atoms with van der Waals surface area (Å²) in [5.74, 6) is 1.05. The van der Waals surface area contributed by atoms with Crippen molar-refractivity contribution in [2.75, 3.05) is 52.5 Å². The van der Waals surface area contributed by atoms with Gasteiger partial charge >= 0.3 is 11.9 Å². The summed E-state index contributed by atoms with van der Waals surface area (Å²) < 4.78 is 14.5. The van der Waals surface area contributed by atoms with E-state index in [1.807, 2.05) is 0 Å². The summed E-state index contributed by atoms with van der Waals surface area (Å²) in [6, 6.07) is 17.5. The molecule has 2 aromatic heterocycles. The van der Waals surface area contributed by atoms with E-state index < -0.39 is 5.54 Å². The van der Waals surface area contributed by atoms with Crippen molar-refractivity contribution >= 4 is 33.7 Å². The zero-order valence-corrected chi connectivity index (χ0v) is 32.1. The second-order valence-corrected chi connectivity index (χ2v) is 16.0. The van der Waals surface area contributed by atoms with Crippen LogP contribution in [0.25, 0.3) is 21.8 Å². The molecule has 0 saturated carbocycles. The van der Waals surface area contributed by atoms with Gasteiger partial charge in [0.15, 0.2) is 0 Å². The molecule has 8 nitrogen and oxygen atoms in total. The number of likely N-dealkylation sites (tertiary alicyclic amines) is 2. The van der Waals surface area contributed by atoms with Gasteiger partial charge in [-0.15, -0.1) is 0 Å². The van der Waals surface area contributed by atoms with Gasteiger partial charge in [-0.05, 0) is 99.6 Å². The van der Waals surface area contributed by atoms with Gasteiger partial charge in [0.05, 0.1) is 6.61 Å². The number of aromatic amines is 1. The Balaban J connectivity index is 1.38. The molecule has 8 heteroatoms. The van der Waals surface area contributed by atoms with E-state index >= 15 is 0 Å². The molecule has 2 unspecified atom stereocenters. The molecule has 0 bridgehead atoms. The lowest BCUT2D eigenvalue weighted by Gasteiger charge is -2.43. The third kappa shape index (κ3) is 7.43. The van der Waals surface area contributed by atoms with Crippen LogP contribution >= 0.6 is 0 Å². The number of fused-ring (bicyclic) bond motifs is 4. The number of ether oxygens (including phenoxy) is 2. The van der Waals surface area contributed by atoms with Crippen molar-refractivity contribution in [1.29, 1.82) is 0 Å². The predicted molar refractivity (Wildman–Crippen MR) is 209 cm³/mol. The van der Waals surface area contributed by atoms with Crippen molar-refractivity contribution in [3.05, 3.63) is 71.0 Å². The van der Waals surface area contributed by atoms with Gasteiger partial charge in [0.25, 0.3) is 0 Å². The Bertz CT molecular complexity index is 1860. The molecule has 0 amide bonds. The molecule has 1 N–H and O–H groups in total. The van der Waals surface area contributed by atoms with E-state index in [1.165, 1.54) is 80.0 Å². The minimum absolute atomic E-state index is 0.0358. The monoisotopic (exact) mass is 708 g/mol. The molecule has 0 radical (unpaired) electrons. The molecule has 3 aliphatic rings. The van der Waals surface area contributed by atoms with Crippen LogP contribution in [0.3, 0.4) is 0 Å². The van der Waals surface area contributed by atoms with Gasteiger partial charge in [-0.3, -0.25) is 9.59 Å². The fourth-order valence-electron chi connectivity index (χ4n) is 9.96. The van der Waals surface area contributed by atoms with E-state index in [4.69, 9.17) is 9.47 Å². The van der Waals surface area contributed by atoms with Crippen molar-refractivity contribution in [3.63, 3.8) is 0 Å². The van der Waals surface area contributed by atoms with Crippen LogP contribution in [0, 0.1) is 11.8 Å². The number of benzene rings is 2. The number of hydrogen-bond donors (Lipinski definition) is 1. The first kappa shape index (κ1) is 36.7. The molecule has 4 aromatic rings. The lowest BCUT2D eigenvalue weighted by Crippen LogP contribution is -2.46. The van der Waals surface area contributed by atoms with Gasteiger partial charge in [0.1, 0.15) is 12.1 Å². The third-order valence-electron chi connectivity index (χ3n) is 12.7. The Morgan fingerprint density at radius 1 is 0.788 bits per heavy atom. The van der Waals surface area contributed by atoms with Crippen LogP contribution in [0.15, 0.2) is 48.5 Å². The quantitative estimate of drug-likeness (QED) is 0.141. The van der Waals surface area contributed by atoms with Crippen LogP contribution in [0.1, 0.15) is 107 Å². The maximum atomic E-state index is 12.7. The van der Waals surface area contributed by atoms with E-state index in [-0.39, 0.29) is 24.5 Å². The molecule has 3 aliphatic heterocycles. The molecular formula is C44H60N4O4. The number of aromatic nitrogens is 2. The van der Waals surface area contributed by atoms with Gasteiger partial charge < -0.3 is 28.8 Å². The molecular weight excluding hydrogens is 649 g/mol. The average molecular weight is 709 g/mol. The maximum absolute atomic E-state index is 12.7. The number of carbonyl (C=O) groups is 2. The van der Waals surface area contributed by atoms with Crippen LogP contribution in [0.4, 0.5) is 0 Å². The lowest BCUT2D eigenvalue weighted by molar-refractivity contribution is -0.145. The largest absolute Gasteiger partial charge is 0.465 e. The van der Waals surface area contributed by atoms with E-state index in [9.17, 15) is 9.59 Å². The summed E-state index contributed by atoms with van der Waals surface area (Å²) in [5, 5.41) is 2.50. The van der Waals surface area contributed by atoms with Gasteiger partial charge in [-0.1, -0.05) is 63.1 Å². The standard InChI is InChI=1S/C44H60N4O4/c1-5-33-13-11-23-46(27-33)25-20-38-37-16-8-10-18-41(37)48-42(38)35(29-51-31(3)49)19-22-44(48,30-52-32(4)50)43-39(36-15-7-9-17-40(36)45-43)21-26-47-24-12-14-34(6-2)28-47/h7-10,15-18,33-35,45H,5-6,11-14,19-30H2,1-4H3/t33?,34?,35-,44-/m0/s1. The summed E-state index contributed by atoms with van der Waals surface area (Å²) in [4.78, 5) is 34.3. The molecule has 2 fully saturated rings. The second-order valence-electron chi connectivity index (χ2n) is 16.0. The molecule has 52 heavy (non-hydrogen) atoms. The number of nitrogens with one attached hydrogen (secondary N) is 1. The zero-order chi connectivity index (χ0) is 36.2. The molecule has 5 heterocycles. The minimum Gasteiger partial charge on any atom is -0.465 e. The van der Waals surface area contributed by atoms with Crippen LogP contribution in [-0.4, -0.2) is 83.8 Å². The first-order valence-corrected chi connectivity index (χ1v) is 20.2. The van der Waals surface area contributed by atoms with Crippen LogP contribution < -0.4 is 0 Å². The van der Waals surface area contributed by atoms with Gasteiger partial charge in [0.2, 0.25) is 0 Å². The van der Waals surface area contributed by atoms with Crippen LogP contribution in [0.5, 0.6) is 0 Å². The molecule has 4 atom stereocenters.